The van der Waals surface area contributed by atoms with Gasteiger partial charge >= 0.3 is 12.4 Å². The van der Waals surface area contributed by atoms with Gasteiger partial charge in [-0.25, -0.2) is 9.48 Å². The van der Waals surface area contributed by atoms with Crippen LogP contribution < -0.4 is 20.1 Å². The fourth-order valence-corrected chi connectivity index (χ4v) is 4.44. The minimum atomic E-state index is -4.87. The number of para-hydroxylation sites is 1. The van der Waals surface area contributed by atoms with Gasteiger partial charge in [-0.1, -0.05) is 24.3 Å². The molecule has 1 aliphatic rings. The lowest BCUT2D eigenvalue weighted by Gasteiger charge is -2.29. The number of nitrogens with one attached hydrogen (secondary N) is 2. The molecule has 0 spiro atoms. The quantitative estimate of drug-likeness (QED) is 0.391. The molecule has 1 aliphatic heterocycles. The van der Waals surface area contributed by atoms with Crippen LogP contribution in [0.1, 0.15) is 29.5 Å². The Morgan fingerprint density at radius 1 is 1.18 bits per heavy atom. The minimum absolute atomic E-state index is 0.0327. The van der Waals surface area contributed by atoms with Crippen molar-refractivity contribution >= 4 is 11.8 Å². The molecular formula is C27H32F3N5O4. The topological polar surface area (TPSA) is 89.9 Å². The second-order valence-corrected chi connectivity index (χ2v) is 9.40. The molecule has 4 rings (SSSR count). The van der Waals surface area contributed by atoms with E-state index in [2.05, 4.69) is 25.4 Å². The summed E-state index contributed by atoms with van der Waals surface area (Å²) in [5.41, 5.74) is 2.12. The summed E-state index contributed by atoms with van der Waals surface area (Å²) in [4.78, 5) is 15.2. The fourth-order valence-electron chi connectivity index (χ4n) is 4.44. The number of hydrogen-bond donors (Lipinski definition) is 2. The maximum atomic E-state index is 13.0. The SMILES string of the molecule is COCc1ccc(OC(F)(F)F)c(CNC(=O)Nc2c(C)c(OC3CCCN(C)C3)nn2-c2ccccc2)c1. The number of urea groups is 1. The van der Waals surface area contributed by atoms with Gasteiger partial charge in [-0.05, 0) is 63.2 Å². The van der Waals surface area contributed by atoms with Gasteiger partial charge in [0.2, 0.25) is 5.88 Å². The number of hydrogen-bond acceptors (Lipinski definition) is 6. The number of nitrogens with zero attached hydrogens (tertiary/aromatic N) is 3. The fraction of sp³-hybridized carbons (Fsp3) is 0.407. The first-order valence-corrected chi connectivity index (χ1v) is 12.5. The largest absolute Gasteiger partial charge is 0.573 e. The highest BCUT2D eigenvalue weighted by atomic mass is 19.4. The third-order valence-corrected chi connectivity index (χ3v) is 6.27. The smallest absolute Gasteiger partial charge is 0.472 e. The van der Waals surface area contributed by atoms with Gasteiger partial charge in [-0.15, -0.1) is 18.3 Å². The summed E-state index contributed by atoms with van der Waals surface area (Å²) in [5.74, 6) is 0.390. The van der Waals surface area contributed by atoms with Gasteiger partial charge < -0.3 is 24.4 Å². The first-order chi connectivity index (χ1) is 18.6. The molecule has 2 aromatic carbocycles. The van der Waals surface area contributed by atoms with Crippen molar-refractivity contribution in [3.05, 3.63) is 65.2 Å². The van der Waals surface area contributed by atoms with E-state index in [0.29, 0.717) is 28.5 Å². The molecule has 2 N–H and O–H groups in total. The Kier molecular flexibility index (Phi) is 8.97. The van der Waals surface area contributed by atoms with Crippen LogP contribution in [0.15, 0.2) is 48.5 Å². The predicted molar refractivity (Wildman–Crippen MR) is 139 cm³/mol. The Hall–Kier alpha value is -3.77. The summed E-state index contributed by atoms with van der Waals surface area (Å²) in [6.07, 6.45) is -2.99. The Bertz CT molecular complexity index is 1270. The summed E-state index contributed by atoms with van der Waals surface area (Å²) in [6.45, 7) is 3.55. The van der Waals surface area contributed by atoms with Gasteiger partial charge in [0, 0.05) is 25.8 Å². The number of alkyl halides is 3. The van der Waals surface area contributed by atoms with Crippen LogP contribution in [0, 0.1) is 6.92 Å². The van der Waals surface area contributed by atoms with Crippen LogP contribution in [-0.4, -0.2) is 60.4 Å². The highest BCUT2D eigenvalue weighted by Crippen LogP contribution is 2.31. The summed E-state index contributed by atoms with van der Waals surface area (Å²) < 4.78 is 55.8. The molecule has 39 heavy (non-hydrogen) atoms. The first kappa shape index (κ1) is 28.2. The highest BCUT2D eigenvalue weighted by molar-refractivity contribution is 5.89. The average Bonchev–Trinajstić information content (AvgIpc) is 3.18. The molecule has 2 amide bonds. The predicted octanol–water partition coefficient (Wildman–Crippen LogP) is 5.02. The van der Waals surface area contributed by atoms with E-state index < -0.39 is 18.1 Å². The number of carbonyl (C=O) groups excluding carboxylic acids is 1. The Labute approximate surface area is 224 Å². The van der Waals surface area contributed by atoms with Gasteiger partial charge in [0.1, 0.15) is 17.7 Å². The zero-order valence-corrected chi connectivity index (χ0v) is 22.0. The standard InChI is InChI=1S/C27H32F3N5O4/c1-18-24(32-26(36)31-15-20-14-19(17-37-3)11-12-23(20)39-27(28,29)30)35(21-8-5-4-6-9-21)33-25(18)38-22-10-7-13-34(2)16-22/h4-6,8-9,11-12,14,22H,7,10,13,15-17H2,1-3H3,(H2,31,32,36). The molecule has 9 nitrogen and oxygen atoms in total. The normalized spacial score (nSPS) is 16.1. The van der Waals surface area contributed by atoms with Crippen LogP contribution in [0.5, 0.6) is 11.6 Å². The lowest BCUT2D eigenvalue weighted by atomic mass is 10.1. The number of methoxy groups -OCH3 is 1. The number of carbonyl (C=O) groups is 1. The average molecular weight is 548 g/mol. The molecule has 12 heteroatoms. The number of benzene rings is 2. The molecule has 210 valence electrons. The van der Waals surface area contributed by atoms with E-state index in [1.807, 2.05) is 37.4 Å². The van der Waals surface area contributed by atoms with Gasteiger partial charge in [0.05, 0.1) is 17.9 Å². The summed E-state index contributed by atoms with van der Waals surface area (Å²) >= 11 is 0. The number of ether oxygens (including phenoxy) is 3. The molecule has 1 saturated heterocycles. The molecule has 0 radical (unpaired) electrons. The number of amides is 2. The van der Waals surface area contributed by atoms with E-state index in [1.165, 1.54) is 25.3 Å². The van der Waals surface area contributed by atoms with E-state index in [1.54, 1.807) is 11.6 Å². The Balaban J connectivity index is 1.54. The van der Waals surface area contributed by atoms with Crippen molar-refractivity contribution in [2.45, 2.75) is 45.4 Å². The van der Waals surface area contributed by atoms with Crippen LogP contribution >= 0.6 is 0 Å². The van der Waals surface area contributed by atoms with Gasteiger partial charge in [0.15, 0.2) is 0 Å². The number of anilines is 1. The number of likely N-dealkylation sites (tertiary alicyclic amines) is 1. The van der Waals surface area contributed by atoms with Crippen LogP contribution in [-0.2, 0) is 17.9 Å². The number of piperidine rings is 1. The Morgan fingerprint density at radius 3 is 2.64 bits per heavy atom. The van der Waals surface area contributed by atoms with E-state index in [9.17, 15) is 18.0 Å². The molecule has 2 heterocycles. The molecule has 0 bridgehead atoms. The van der Waals surface area contributed by atoms with Crippen molar-refractivity contribution in [1.82, 2.24) is 20.0 Å². The Morgan fingerprint density at radius 2 is 1.95 bits per heavy atom. The van der Waals surface area contributed by atoms with Gasteiger partial charge in [0.25, 0.3) is 0 Å². The molecular weight excluding hydrogens is 515 g/mol. The minimum Gasteiger partial charge on any atom is -0.472 e. The molecule has 1 aromatic heterocycles. The van der Waals surface area contributed by atoms with Crippen LogP contribution in [0.4, 0.5) is 23.8 Å². The van der Waals surface area contributed by atoms with Crippen LogP contribution in [0.2, 0.25) is 0 Å². The zero-order valence-electron chi connectivity index (χ0n) is 22.0. The van der Waals surface area contributed by atoms with Gasteiger partial charge in [-0.2, -0.15) is 0 Å². The molecule has 0 aliphatic carbocycles. The highest BCUT2D eigenvalue weighted by Gasteiger charge is 2.32. The van der Waals surface area contributed by atoms with Crippen LogP contribution in [0.3, 0.4) is 0 Å². The molecule has 3 aromatic rings. The van der Waals surface area contributed by atoms with Crippen molar-refractivity contribution in [3.63, 3.8) is 0 Å². The van der Waals surface area contributed by atoms with Crippen molar-refractivity contribution < 1.29 is 32.2 Å². The van der Waals surface area contributed by atoms with E-state index in [0.717, 1.165) is 25.9 Å². The number of likely N-dealkylation sites (N-methyl/N-ethyl adjacent to an activating group) is 1. The third kappa shape index (κ3) is 7.64. The maximum Gasteiger partial charge on any atom is 0.573 e. The summed E-state index contributed by atoms with van der Waals surface area (Å²) in [7, 11) is 3.52. The van der Waals surface area contributed by atoms with Crippen LogP contribution in [0.25, 0.3) is 5.69 Å². The van der Waals surface area contributed by atoms with Gasteiger partial charge in [-0.3, -0.25) is 5.32 Å². The zero-order chi connectivity index (χ0) is 28.0. The molecule has 1 unspecified atom stereocenters. The second-order valence-electron chi connectivity index (χ2n) is 9.40. The summed E-state index contributed by atoms with van der Waals surface area (Å²) in [5, 5.41) is 10.0. The third-order valence-electron chi connectivity index (χ3n) is 6.27. The van der Waals surface area contributed by atoms with Crippen molar-refractivity contribution in [2.75, 3.05) is 32.6 Å². The van der Waals surface area contributed by atoms with E-state index >= 15 is 0 Å². The van der Waals surface area contributed by atoms with E-state index in [4.69, 9.17) is 9.47 Å². The molecule has 1 fully saturated rings. The van der Waals surface area contributed by atoms with E-state index in [-0.39, 0.29) is 24.8 Å². The van der Waals surface area contributed by atoms with Crippen molar-refractivity contribution in [2.24, 2.45) is 0 Å². The lowest BCUT2D eigenvalue weighted by Crippen LogP contribution is -2.38. The number of halogens is 3. The second kappa shape index (κ2) is 12.4. The van der Waals surface area contributed by atoms with Crippen molar-refractivity contribution in [1.29, 1.82) is 0 Å². The number of rotatable bonds is 9. The molecule has 1 atom stereocenters. The van der Waals surface area contributed by atoms with Crippen molar-refractivity contribution in [3.8, 4) is 17.3 Å². The lowest BCUT2D eigenvalue weighted by molar-refractivity contribution is -0.274. The number of aromatic nitrogens is 2. The monoisotopic (exact) mass is 547 g/mol. The summed E-state index contributed by atoms with van der Waals surface area (Å²) in [6, 6.07) is 12.8. The maximum absolute atomic E-state index is 13.0. The first-order valence-electron chi connectivity index (χ1n) is 12.5. The molecule has 0 saturated carbocycles.